The van der Waals surface area contributed by atoms with E-state index in [0.717, 1.165) is 34.7 Å². The zero-order chi connectivity index (χ0) is 42.5. The number of rotatable bonds is 5. The predicted octanol–water partition coefficient (Wildman–Crippen LogP) is 11.0. The van der Waals surface area contributed by atoms with Crippen LogP contribution in [0.1, 0.15) is 156 Å². The van der Waals surface area contributed by atoms with Crippen molar-refractivity contribution >= 4 is 11.8 Å². The SMILES string of the molecule is CC1=CC2C3CC(C)C=C(C)C3N(C3CC(N4C5C=CCCC5C5CCCCC54)C(C#N)C=C3C3NC(C4C=C5C(CC4)SC4CCCCC54)NC(C4CCCCC4)N3)C2C(C)C1. The van der Waals surface area contributed by atoms with Crippen molar-refractivity contribution in [2.24, 2.45) is 59.2 Å². The molecule has 7 fully saturated rings. The summed E-state index contributed by atoms with van der Waals surface area (Å²) in [6.45, 7) is 10.0. The largest absolute Gasteiger partial charge is 0.289 e. The molecule has 12 aliphatic rings. The summed E-state index contributed by atoms with van der Waals surface area (Å²) in [7, 11) is 0. The number of fused-ring (bicyclic) bond motifs is 9. The van der Waals surface area contributed by atoms with Gasteiger partial charge in [-0.25, -0.2) is 0 Å². The van der Waals surface area contributed by atoms with Gasteiger partial charge in [-0.1, -0.05) is 112 Å². The number of nitriles is 1. The molecule has 3 N–H and O–H groups in total. The molecule has 0 aromatic heterocycles. The number of thioether (sulfide) groups is 1. The first kappa shape index (κ1) is 42.7. The van der Waals surface area contributed by atoms with E-state index in [4.69, 9.17) is 0 Å². The van der Waals surface area contributed by atoms with Crippen LogP contribution < -0.4 is 16.0 Å². The smallest absolute Gasteiger partial charge is 0.0834 e. The molecule has 342 valence electrons. The molecule has 8 aliphatic carbocycles. The molecular formula is C56H82N6S. The fourth-order valence-electron chi connectivity index (χ4n) is 18.0. The lowest BCUT2D eigenvalue weighted by atomic mass is 9.70. The third-order valence-electron chi connectivity index (χ3n) is 20.3. The molecule has 0 amide bonds. The maximum absolute atomic E-state index is 11.6. The molecule has 4 heterocycles. The minimum absolute atomic E-state index is 0.0605. The molecule has 0 radical (unpaired) electrons. The van der Waals surface area contributed by atoms with Crippen molar-refractivity contribution in [3.8, 4) is 6.07 Å². The van der Waals surface area contributed by atoms with Crippen molar-refractivity contribution in [3.05, 3.63) is 58.7 Å². The van der Waals surface area contributed by atoms with E-state index >= 15 is 0 Å². The highest BCUT2D eigenvalue weighted by Crippen LogP contribution is 2.57. The number of nitrogens with zero attached hydrogens (tertiary/aromatic N) is 3. The Kier molecular flexibility index (Phi) is 11.8. The van der Waals surface area contributed by atoms with Crippen LogP contribution in [0, 0.1) is 70.5 Å². The molecule has 20 atom stereocenters. The summed E-state index contributed by atoms with van der Waals surface area (Å²) in [5.74, 6) is 5.95. The summed E-state index contributed by atoms with van der Waals surface area (Å²) in [5, 5.41) is 26.4. The van der Waals surface area contributed by atoms with E-state index in [0.29, 0.717) is 71.9 Å². The van der Waals surface area contributed by atoms with E-state index in [9.17, 15) is 5.26 Å². The van der Waals surface area contributed by atoms with Crippen molar-refractivity contribution in [3.63, 3.8) is 0 Å². The first-order chi connectivity index (χ1) is 30.8. The third-order valence-corrected chi connectivity index (χ3v) is 22.0. The quantitative estimate of drug-likeness (QED) is 0.238. The van der Waals surface area contributed by atoms with E-state index in [1.807, 2.05) is 5.57 Å². The summed E-state index contributed by atoms with van der Waals surface area (Å²) < 4.78 is 0. The van der Waals surface area contributed by atoms with Crippen LogP contribution in [0.4, 0.5) is 0 Å². The van der Waals surface area contributed by atoms with Crippen LogP contribution in [-0.2, 0) is 0 Å². The van der Waals surface area contributed by atoms with Crippen molar-refractivity contribution in [1.29, 1.82) is 5.26 Å². The first-order valence-electron chi connectivity index (χ1n) is 27.2. The highest BCUT2D eigenvalue weighted by atomic mass is 32.2. The van der Waals surface area contributed by atoms with Gasteiger partial charge < -0.3 is 0 Å². The molecule has 7 heteroatoms. The number of hydrogen-bond acceptors (Lipinski definition) is 7. The van der Waals surface area contributed by atoms with Gasteiger partial charge in [0.05, 0.1) is 30.5 Å². The van der Waals surface area contributed by atoms with E-state index in [2.05, 4.69) is 108 Å². The summed E-state index contributed by atoms with van der Waals surface area (Å²) in [6.07, 6.45) is 43.3. The van der Waals surface area contributed by atoms with Crippen molar-refractivity contribution in [2.45, 2.75) is 221 Å². The molecule has 12 rings (SSSR count). The Labute approximate surface area is 386 Å². The van der Waals surface area contributed by atoms with Crippen molar-refractivity contribution in [2.75, 3.05) is 0 Å². The summed E-state index contributed by atoms with van der Waals surface area (Å²) >= 11 is 2.35. The first-order valence-corrected chi connectivity index (χ1v) is 28.1. The second-order valence-corrected chi connectivity index (χ2v) is 25.4. The van der Waals surface area contributed by atoms with Crippen molar-refractivity contribution in [1.82, 2.24) is 25.8 Å². The minimum atomic E-state index is -0.0996. The number of likely N-dealkylation sites (tertiary alicyclic amines) is 2. The summed E-state index contributed by atoms with van der Waals surface area (Å²) in [5.41, 5.74) is 6.59. The van der Waals surface area contributed by atoms with E-state index < -0.39 is 0 Å². The lowest BCUT2D eigenvalue weighted by molar-refractivity contribution is 0.0336. The Morgan fingerprint density at radius 2 is 1.52 bits per heavy atom. The van der Waals surface area contributed by atoms with Crippen LogP contribution in [-0.4, -0.2) is 75.0 Å². The van der Waals surface area contributed by atoms with Gasteiger partial charge in [0.25, 0.3) is 0 Å². The highest BCUT2D eigenvalue weighted by Gasteiger charge is 2.59. The lowest BCUT2D eigenvalue weighted by Gasteiger charge is -2.53. The Balaban J connectivity index is 0.964. The Morgan fingerprint density at radius 3 is 2.40 bits per heavy atom. The standard InChI is InChI=1S/C56H82N6S/c1-32-24-34(3)52-43(26-32)44-27-33(2)25-35(4)53(44)62(52)49-30-48(61-46-19-11-8-16-39(46)40-17-9-12-20-47(40)61)38(31-57)29-45(49)56-59-54(36-14-6-5-7-15-36)58-55(60-56)37-22-23-51-42(28-37)41-18-10-13-21-50(41)63-51/h11,19,24,27-29,32,35-41,43-44,46-56,58-60H,5-10,12-18,20-23,25-26,30H2,1-4H3. The molecule has 6 nitrogen and oxygen atoms in total. The molecule has 4 aliphatic heterocycles. The highest BCUT2D eigenvalue weighted by molar-refractivity contribution is 8.01. The molecule has 0 spiro atoms. The maximum Gasteiger partial charge on any atom is 0.0834 e. The average molecular weight is 871 g/mol. The van der Waals surface area contributed by atoms with E-state index in [-0.39, 0.29) is 24.3 Å². The van der Waals surface area contributed by atoms with Crippen LogP contribution in [0.3, 0.4) is 0 Å². The predicted molar refractivity (Wildman–Crippen MR) is 259 cm³/mol. The molecule has 0 bridgehead atoms. The van der Waals surface area contributed by atoms with Crippen LogP contribution in [0.15, 0.2) is 58.7 Å². The topological polar surface area (TPSA) is 66.4 Å². The van der Waals surface area contributed by atoms with Gasteiger partial charge in [-0.15, -0.1) is 0 Å². The molecule has 20 unspecified atom stereocenters. The molecule has 0 aromatic rings. The zero-order valence-corrected chi connectivity index (χ0v) is 40.3. The van der Waals surface area contributed by atoms with Crippen molar-refractivity contribution < 1.29 is 0 Å². The normalized spacial score (nSPS) is 50.1. The summed E-state index contributed by atoms with van der Waals surface area (Å²) in [4.78, 5) is 6.21. The molecule has 4 saturated heterocycles. The fourth-order valence-corrected chi connectivity index (χ4v) is 19.9. The molecule has 63 heavy (non-hydrogen) atoms. The van der Waals surface area contributed by atoms with Crippen LogP contribution in [0.25, 0.3) is 0 Å². The van der Waals surface area contributed by atoms with Gasteiger partial charge in [-0.05, 0) is 150 Å². The minimum Gasteiger partial charge on any atom is -0.289 e. The lowest BCUT2D eigenvalue weighted by Crippen LogP contribution is -2.72. The number of allylic oxidation sites excluding steroid dienone is 3. The Morgan fingerprint density at radius 1 is 0.714 bits per heavy atom. The monoisotopic (exact) mass is 871 g/mol. The fraction of sp³-hybridized carbons (Fsp3) is 0.804. The van der Waals surface area contributed by atoms with Gasteiger partial charge in [0, 0.05) is 52.7 Å². The van der Waals surface area contributed by atoms with E-state index in [1.54, 1.807) is 11.1 Å². The number of nitrogens with one attached hydrogen (secondary N) is 3. The van der Waals surface area contributed by atoms with Crippen LogP contribution >= 0.6 is 11.8 Å². The van der Waals surface area contributed by atoms with Crippen LogP contribution in [0.2, 0.25) is 0 Å². The van der Waals surface area contributed by atoms with E-state index in [1.165, 1.54) is 128 Å². The van der Waals surface area contributed by atoms with Gasteiger partial charge >= 0.3 is 0 Å². The maximum atomic E-state index is 11.6. The zero-order valence-electron chi connectivity index (χ0n) is 39.5. The Bertz CT molecular complexity index is 1920. The average Bonchev–Trinajstić information content (AvgIpc) is 3.96. The van der Waals surface area contributed by atoms with Gasteiger partial charge in [0.15, 0.2) is 0 Å². The second kappa shape index (κ2) is 17.5. The number of hydrogen-bond donors (Lipinski definition) is 3. The molecule has 0 aromatic carbocycles. The second-order valence-electron chi connectivity index (χ2n) is 24.0. The summed E-state index contributed by atoms with van der Waals surface area (Å²) in [6, 6.07) is 5.74. The molecular weight excluding hydrogens is 789 g/mol. The van der Waals surface area contributed by atoms with Crippen LogP contribution in [0.5, 0.6) is 0 Å². The Hall–Kier alpha value is -1.66. The third kappa shape index (κ3) is 7.42. The van der Waals surface area contributed by atoms with Gasteiger partial charge in [0.2, 0.25) is 0 Å². The van der Waals surface area contributed by atoms with Gasteiger partial charge in [-0.2, -0.15) is 17.0 Å². The van der Waals surface area contributed by atoms with Gasteiger partial charge in [-0.3, -0.25) is 25.8 Å². The van der Waals surface area contributed by atoms with Gasteiger partial charge in [0.1, 0.15) is 0 Å². The molecule has 3 saturated carbocycles.